The number of rotatable bonds is 7. The molecular formula is C22H29N5O2. The molecule has 0 bridgehead atoms. The largest absolute Gasteiger partial charge is 0.355 e. The number of aryl methyl sites for hydroxylation is 1. The molecule has 0 atom stereocenters. The molecule has 2 heterocycles. The molecule has 1 saturated heterocycles. The molecule has 0 unspecified atom stereocenters. The Morgan fingerprint density at radius 1 is 1.00 bits per heavy atom. The molecule has 1 N–H and O–H groups in total. The van der Waals surface area contributed by atoms with Gasteiger partial charge in [-0.1, -0.05) is 30.3 Å². The summed E-state index contributed by atoms with van der Waals surface area (Å²) in [6, 6.07) is 12.0. The lowest BCUT2D eigenvalue weighted by Crippen LogP contribution is -2.55. The van der Waals surface area contributed by atoms with Gasteiger partial charge < -0.3 is 15.1 Å². The number of aromatic nitrogens is 2. The summed E-state index contributed by atoms with van der Waals surface area (Å²) in [5, 5.41) is 2.93. The highest BCUT2D eigenvalue weighted by Crippen LogP contribution is 2.21. The highest BCUT2D eigenvalue weighted by Gasteiger charge is 2.39. The van der Waals surface area contributed by atoms with E-state index in [1.54, 1.807) is 37.2 Å². The number of benzene rings is 1. The first kappa shape index (κ1) is 20.8. The van der Waals surface area contributed by atoms with E-state index in [0.717, 1.165) is 12.8 Å². The molecular weight excluding hydrogens is 366 g/mol. The Morgan fingerprint density at radius 2 is 1.66 bits per heavy atom. The van der Waals surface area contributed by atoms with E-state index in [2.05, 4.69) is 32.3 Å². The Hall–Kier alpha value is -2.96. The molecule has 1 aromatic heterocycles. The van der Waals surface area contributed by atoms with Gasteiger partial charge in [0.05, 0.1) is 0 Å². The normalized spacial score (nSPS) is 14.6. The van der Waals surface area contributed by atoms with Crippen LogP contribution in [-0.2, 0) is 16.0 Å². The Labute approximate surface area is 172 Å². The lowest BCUT2D eigenvalue weighted by molar-refractivity contribution is -0.148. The SMILES string of the molecule is CC(C)(C(=O)NCCCc1ccccc1)C(=O)N1CCN(c2ncccn2)CC1. The van der Waals surface area contributed by atoms with E-state index in [1.165, 1.54) is 5.56 Å². The molecule has 154 valence electrons. The molecule has 0 saturated carbocycles. The highest BCUT2D eigenvalue weighted by molar-refractivity contribution is 6.04. The third-order valence-corrected chi connectivity index (χ3v) is 5.27. The van der Waals surface area contributed by atoms with Crippen molar-refractivity contribution in [1.29, 1.82) is 0 Å². The monoisotopic (exact) mass is 395 g/mol. The summed E-state index contributed by atoms with van der Waals surface area (Å²) in [6.45, 7) is 6.39. The van der Waals surface area contributed by atoms with Crippen molar-refractivity contribution in [3.05, 3.63) is 54.4 Å². The predicted molar refractivity (Wildman–Crippen MR) is 112 cm³/mol. The molecule has 1 aliphatic heterocycles. The minimum absolute atomic E-state index is 0.133. The van der Waals surface area contributed by atoms with Crippen molar-refractivity contribution in [2.75, 3.05) is 37.6 Å². The maximum atomic E-state index is 13.0. The van der Waals surface area contributed by atoms with Crippen LogP contribution in [0.15, 0.2) is 48.8 Å². The number of nitrogens with one attached hydrogen (secondary N) is 1. The summed E-state index contributed by atoms with van der Waals surface area (Å²) >= 11 is 0. The first-order chi connectivity index (χ1) is 14.0. The minimum atomic E-state index is -1.09. The van der Waals surface area contributed by atoms with Crippen LogP contribution in [0, 0.1) is 5.41 Å². The number of carbonyl (C=O) groups is 2. The van der Waals surface area contributed by atoms with Crippen LogP contribution in [0.5, 0.6) is 0 Å². The Morgan fingerprint density at radius 3 is 2.31 bits per heavy atom. The Balaban J connectivity index is 1.45. The molecule has 0 spiro atoms. The zero-order chi connectivity index (χ0) is 20.7. The summed E-state index contributed by atoms with van der Waals surface area (Å²) in [7, 11) is 0. The number of hydrogen-bond acceptors (Lipinski definition) is 5. The van der Waals surface area contributed by atoms with Crippen molar-refractivity contribution >= 4 is 17.8 Å². The van der Waals surface area contributed by atoms with E-state index in [9.17, 15) is 9.59 Å². The van der Waals surface area contributed by atoms with Crippen LogP contribution >= 0.6 is 0 Å². The number of anilines is 1. The first-order valence-corrected chi connectivity index (χ1v) is 10.1. The molecule has 1 aliphatic rings. The van der Waals surface area contributed by atoms with E-state index >= 15 is 0 Å². The summed E-state index contributed by atoms with van der Waals surface area (Å²) in [4.78, 5) is 38.0. The lowest BCUT2D eigenvalue weighted by Gasteiger charge is -2.38. The average molecular weight is 396 g/mol. The van der Waals surface area contributed by atoms with Gasteiger partial charge in [-0.3, -0.25) is 9.59 Å². The quantitative estimate of drug-likeness (QED) is 0.572. The van der Waals surface area contributed by atoms with Gasteiger partial charge in [0.2, 0.25) is 17.8 Å². The molecule has 1 fully saturated rings. The van der Waals surface area contributed by atoms with Gasteiger partial charge in [-0.25, -0.2) is 9.97 Å². The topological polar surface area (TPSA) is 78.4 Å². The van der Waals surface area contributed by atoms with Crippen molar-refractivity contribution in [1.82, 2.24) is 20.2 Å². The Bertz CT molecular complexity index is 802. The van der Waals surface area contributed by atoms with Crippen molar-refractivity contribution in [2.24, 2.45) is 5.41 Å². The van der Waals surface area contributed by atoms with Crippen LogP contribution in [0.4, 0.5) is 5.95 Å². The van der Waals surface area contributed by atoms with E-state index in [4.69, 9.17) is 0 Å². The van der Waals surface area contributed by atoms with Crippen LogP contribution in [0.25, 0.3) is 0 Å². The predicted octanol–water partition coefficient (Wildman–Crippen LogP) is 1.90. The smallest absolute Gasteiger partial charge is 0.237 e. The van der Waals surface area contributed by atoms with Gasteiger partial charge >= 0.3 is 0 Å². The highest BCUT2D eigenvalue weighted by atomic mass is 16.2. The van der Waals surface area contributed by atoms with Gasteiger partial charge in [0, 0.05) is 45.1 Å². The maximum absolute atomic E-state index is 13.0. The zero-order valence-corrected chi connectivity index (χ0v) is 17.2. The van der Waals surface area contributed by atoms with Crippen LogP contribution < -0.4 is 10.2 Å². The van der Waals surface area contributed by atoms with E-state index in [-0.39, 0.29) is 11.8 Å². The van der Waals surface area contributed by atoms with Crippen LogP contribution in [0.2, 0.25) is 0 Å². The lowest BCUT2D eigenvalue weighted by atomic mass is 9.90. The van der Waals surface area contributed by atoms with Crippen molar-refractivity contribution < 1.29 is 9.59 Å². The molecule has 7 nitrogen and oxygen atoms in total. The van der Waals surface area contributed by atoms with Crippen LogP contribution in [0.1, 0.15) is 25.8 Å². The van der Waals surface area contributed by atoms with Crippen molar-refractivity contribution in [3.63, 3.8) is 0 Å². The second-order valence-electron chi connectivity index (χ2n) is 7.80. The molecule has 1 aromatic carbocycles. The number of hydrogen-bond donors (Lipinski definition) is 1. The van der Waals surface area contributed by atoms with Gasteiger partial charge in [-0.15, -0.1) is 0 Å². The molecule has 2 amide bonds. The van der Waals surface area contributed by atoms with Crippen molar-refractivity contribution in [2.45, 2.75) is 26.7 Å². The van der Waals surface area contributed by atoms with Crippen LogP contribution in [-0.4, -0.2) is 59.4 Å². The fourth-order valence-corrected chi connectivity index (χ4v) is 3.42. The van der Waals surface area contributed by atoms with Gasteiger partial charge in [0.15, 0.2) is 0 Å². The fourth-order valence-electron chi connectivity index (χ4n) is 3.42. The standard InChI is InChI=1S/C22H29N5O2/c1-22(2,19(28)23-11-6-10-18-8-4-3-5-9-18)20(29)26-14-16-27(17-15-26)21-24-12-7-13-25-21/h3-5,7-9,12-13H,6,10-11,14-17H2,1-2H3,(H,23,28). The fraction of sp³-hybridized carbons (Fsp3) is 0.455. The van der Waals surface area contributed by atoms with Gasteiger partial charge in [0.25, 0.3) is 0 Å². The summed E-state index contributed by atoms with van der Waals surface area (Å²) in [6.07, 6.45) is 5.17. The molecule has 7 heteroatoms. The maximum Gasteiger partial charge on any atom is 0.237 e. The third-order valence-electron chi connectivity index (χ3n) is 5.27. The molecule has 0 radical (unpaired) electrons. The average Bonchev–Trinajstić information content (AvgIpc) is 2.77. The molecule has 2 aromatic rings. The minimum Gasteiger partial charge on any atom is -0.355 e. The van der Waals surface area contributed by atoms with E-state index < -0.39 is 5.41 Å². The molecule has 29 heavy (non-hydrogen) atoms. The second kappa shape index (κ2) is 9.49. The zero-order valence-electron chi connectivity index (χ0n) is 17.2. The number of nitrogens with zero attached hydrogens (tertiary/aromatic N) is 4. The van der Waals surface area contributed by atoms with Crippen molar-refractivity contribution in [3.8, 4) is 0 Å². The van der Waals surface area contributed by atoms with E-state index in [0.29, 0.717) is 38.7 Å². The van der Waals surface area contributed by atoms with E-state index in [1.807, 2.05) is 18.2 Å². The second-order valence-corrected chi connectivity index (χ2v) is 7.80. The summed E-state index contributed by atoms with van der Waals surface area (Å²) < 4.78 is 0. The molecule has 0 aliphatic carbocycles. The Kier molecular flexibility index (Phi) is 6.80. The summed E-state index contributed by atoms with van der Waals surface area (Å²) in [5.74, 6) is 0.325. The summed E-state index contributed by atoms with van der Waals surface area (Å²) in [5.41, 5.74) is 0.162. The van der Waals surface area contributed by atoms with Gasteiger partial charge in [0.1, 0.15) is 5.41 Å². The molecule has 3 rings (SSSR count). The van der Waals surface area contributed by atoms with Gasteiger partial charge in [-0.05, 0) is 38.3 Å². The number of carbonyl (C=O) groups excluding carboxylic acids is 2. The van der Waals surface area contributed by atoms with Crippen LogP contribution in [0.3, 0.4) is 0 Å². The number of amides is 2. The number of piperazine rings is 1. The first-order valence-electron chi connectivity index (χ1n) is 10.1. The third kappa shape index (κ3) is 5.31. The van der Waals surface area contributed by atoms with Gasteiger partial charge in [-0.2, -0.15) is 0 Å².